The third kappa shape index (κ3) is 19.6. The number of alkyl halides is 1. The fourth-order valence-corrected chi connectivity index (χ4v) is 16.0. The third-order valence-electron chi connectivity index (χ3n) is 22.1. The van der Waals surface area contributed by atoms with Crippen molar-refractivity contribution < 1.29 is 62.3 Å². The van der Waals surface area contributed by atoms with E-state index in [1.165, 1.54) is 88.4 Å². The zero-order chi connectivity index (χ0) is 69.4. The van der Waals surface area contributed by atoms with Gasteiger partial charge in [0.05, 0.1) is 32.7 Å². The van der Waals surface area contributed by atoms with Crippen LogP contribution >= 0.6 is 11.6 Å². The summed E-state index contributed by atoms with van der Waals surface area (Å²) in [4.78, 5) is 189. The van der Waals surface area contributed by atoms with Gasteiger partial charge in [0.25, 0.3) is 0 Å². The number of fused-ring (bicyclic) bond motifs is 1. The molecule has 3 aliphatic heterocycles. The molecule has 3 N–H and O–H groups in total. The highest BCUT2D eigenvalue weighted by Crippen LogP contribution is 2.37. The molecule has 7 aliphatic rings. The Balaban J connectivity index is 1.24. The average molecular weight is 1350 g/mol. The molecule has 2 unspecified atom stereocenters. The first-order valence-corrected chi connectivity index (χ1v) is 36.1. The standard InChI is InChI=1S/C69H113ClN12O13/c1-11-45(2)59-66(92)76(6)41-57(85)74(4)42-58(86)78(8)53(38-47-25-15-12-16-26-47)64(90)75(5)40-55(83)71-51(44-95-43-48-27-23-30-50(70)37-48)63(89)82-36-24-31-52(82)62(88)73-69(32-19-20-33-69)68(94)80(10)60(49-28-17-13-18-29-49)67(93)79(9)54(65(91)81-34-21-14-22-35-81)39-56(84)77(7)46(3)61(87)72-59/h45-54,59-60H,11-44H2,1-10H3,(H,71,83)(H,72,87)(H,73,88)/t45-,46-,48?,50?,51-,52-,53-,54-,59-,60-/m0/s1. The molecule has 3 heterocycles. The van der Waals surface area contributed by atoms with Gasteiger partial charge in [-0.2, -0.15) is 0 Å². The number of piperidine rings is 1. The number of amides is 12. The maximum Gasteiger partial charge on any atom is 0.248 e. The molecule has 0 radical (unpaired) electrons. The minimum absolute atomic E-state index is 0.0193. The minimum atomic E-state index is -1.48. The van der Waals surface area contributed by atoms with Crippen LogP contribution in [-0.2, 0) is 62.3 Å². The van der Waals surface area contributed by atoms with Gasteiger partial charge in [-0.15, -0.1) is 11.6 Å². The van der Waals surface area contributed by atoms with Crippen LogP contribution in [-0.4, -0.2) is 270 Å². The first-order valence-electron chi connectivity index (χ1n) is 35.7. The highest BCUT2D eigenvalue weighted by molar-refractivity contribution is 6.20. The summed E-state index contributed by atoms with van der Waals surface area (Å²) in [7, 11) is 10.3. The molecule has 4 saturated carbocycles. The number of ether oxygens (including phenoxy) is 1. The van der Waals surface area contributed by atoms with Gasteiger partial charge in [-0.3, -0.25) is 57.5 Å². The smallest absolute Gasteiger partial charge is 0.248 e. The van der Waals surface area contributed by atoms with Crippen LogP contribution in [0.1, 0.15) is 188 Å². The Morgan fingerprint density at radius 3 is 1.83 bits per heavy atom. The molecule has 534 valence electrons. The van der Waals surface area contributed by atoms with Gasteiger partial charge in [0.2, 0.25) is 70.9 Å². The van der Waals surface area contributed by atoms with Gasteiger partial charge in [-0.1, -0.05) is 90.9 Å². The van der Waals surface area contributed by atoms with E-state index in [1.807, 2.05) is 6.92 Å². The molecular weight excluding hydrogens is 1240 g/mol. The predicted molar refractivity (Wildman–Crippen MR) is 357 cm³/mol. The highest BCUT2D eigenvalue weighted by atomic mass is 35.5. The Morgan fingerprint density at radius 1 is 0.579 bits per heavy atom. The van der Waals surface area contributed by atoms with Crippen LogP contribution in [0.3, 0.4) is 0 Å². The summed E-state index contributed by atoms with van der Waals surface area (Å²) in [6.45, 7) is 4.65. The maximum atomic E-state index is 15.7. The zero-order valence-electron chi connectivity index (χ0n) is 58.7. The predicted octanol–water partition coefficient (Wildman–Crippen LogP) is 3.91. The molecule has 3 saturated heterocycles. The molecular formula is C69H113ClN12O13. The van der Waals surface area contributed by atoms with Gasteiger partial charge in [-0.05, 0) is 114 Å². The van der Waals surface area contributed by atoms with Crippen LogP contribution in [0.15, 0.2) is 0 Å². The van der Waals surface area contributed by atoms with Crippen molar-refractivity contribution in [3.63, 3.8) is 0 Å². The van der Waals surface area contributed by atoms with Crippen LogP contribution in [0.2, 0.25) is 0 Å². The second-order valence-electron chi connectivity index (χ2n) is 29.0. The molecule has 4 aliphatic carbocycles. The van der Waals surface area contributed by atoms with Crippen molar-refractivity contribution in [2.75, 3.05) is 102 Å². The van der Waals surface area contributed by atoms with E-state index < -0.39 is 151 Å². The largest absolute Gasteiger partial charge is 0.378 e. The molecule has 7 rings (SSSR count). The lowest BCUT2D eigenvalue weighted by Gasteiger charge is -2.43. The van der Waals surface area contributed by atoms with Crippen LogP contribution in [0.25, 0.3) is 0 Å². The van der Waals surface area contributed by atoms with E-state index in [-0.39, 0.29) is 62.2 Å². The Labute approximate surface area is 568 Å². The summed E-state index contributed by atoms with van der Waals surface area (Å²) in [5.41, 5.74) is -1.48. The van der Waals surface area contributed by atoms with Crippen molar-refractivity contribution in [2.45, 2.75) is 241 Å². The molecule has 0 aromatic carbocycles. The number of likely N-dealkylation sites (tertiary alicyclic amines) is 1. The second kappa shape index (κ2) is 35.4. The number of nitrogens with zero attached hydrogens (tertiary/aromatic N) is 9. The van der Waals surface area contributed by atoms with Crippen molar-refractivity contribution in [1.82, 2.24) is 60.0 Å². The number of halogens is 1. The molecule has 12 amide bonds. The molecule has 26 heteroatoms. The molecule has 1 spiro atoms. The number of carbonyl (C=O) groups is 12. The van der Waals surface area contributed by atoms with E-state index in [9.17, 15) is 38.4 Å². The fourth-order valence-electron chi connectivity index (χ4n) is 15.6. The summed E-state index contributed by atoms with van der Waals surface area (Å²) >= 11 is 6.57. The van der Waals surface area contributed by atoms with Gasteiger partial charge in [-0.25, -0.2) is 0 Å². The number of hydrogen-bond acceptors (Lipinski definition) is 13. The summed E-state index contributed by atoms with van der Waals surface area (Å²) in [5, 5.41) is 8.82. The van der Waals surface area contributed by atoms with Gasteiger partial charge in [0, 0.05) is 81.0 Å². The SMILES string of the molecule is CC[C@H](C)[C@@H]1NC(=O)[C@H](C)N(C)C(=O)C[C@@H](C(=O)N2CCCCC2)N(C)C(=O)[C@H](C2CCCCC2)N(C)C(=O)C2(CCCC2)NC(=O)[C@@H]2CCCN2C(=O)[C@H](COCC2CCCC(Cl)C2)NC(=O)CN(C)C(=O)[C@H](CC2CCCCC2)N(C)C(=O)CN(C)C(=O)CN(C)C1=O. The molecule has 0 aromatic rings. The first kappa shape index (κ1) is 76.3. The number of likely N-dealkylation sites (N-methyl/N-ethyl adjacent to an activating group) is 7. The summed E-state index contributed by atoms with van der Waals surface area (Å²) in [6, 6.07) is -8.21. The van der Waals surface area contributed by atoms with Crippen molar-refractivity contribution in [2.24, 2.45) is 23.7 Å². The average Bonchev–Trinajstić information content (AvgIpc) is 1.77. The topological polar surface area (TPSA) is 279 Å². The van der Waals surface area contributed by atoms with Gasteiger partial charge in [0.15, 0.2) is 0 Å². The van der Waals surface area contributed by atoms with Crippen molar-refractivity contribution in [1.29, 1.82) is 0 Å². The van der Waals surface area contributed by atoms with E-state index in [1.54, 1.807) is 18.9 Å². The zero-order valence-corrected chi connectivity index (χ0v) is 59.4. The highest BCUT2D eigenvalue weighted by Gasteiger charge is 2.51. The van der Waals surface area contributed by atoms with Gasteiger partial charge >= 0.3 is 0 Å². The van der Waals surface area contributed by atoms with Crippen LogP contribution in [0, 0.1) is 23.7 Å². The van der Waals surface area contributed by atoms with Gasteiger partial charge in [0.1, 0.15) is 47.8 Å². The monoisotopic (exact) mass is 1350 g/mol. The maximum absolute atomic E-state index is 15.7. The van der Waals surface area contributed by atoms with E-state index in [0.717, 1.165) is 96.3 Å². The Morgan fingerprint density at radius 2 is 1.19 bits per heavy atom. The summed E-state index contributed by atoms with van der Waals surface area (Å²) in [5.74, 6) is -7.53. The Kier molecular flexibility index (Phi) is 28.4. The first-order chi connectivity index (χ1) is 45.2. The number of carbonyl (C=O) groups excluding carboxylic acids is 12. The van der Waals surface area contributed by atoms with Crippen LogP contribution < -0.4 is 16.0 Å². The number of nitrogens with one attached hydrogen (secondary N) is 3. The van der Waals surface area contributed by atoms with Crippen LogP contribution in [0.5, 0.6) is 0 Å². The van der Waals surface area contributed by atoms with Crippen LogP contribution in [0.4, 0.5) is 0 Å². The molecule has 0 aromatic heterocycles. The van der Waals surface area contributed by atoms with Gasteiger partial charge < -0.3 is 64.8 Å². The van der Waals surface area contributed by atoms with E-state index >= 15 is 19.2 Å². The third-order valence-corrected chi connectivity index (χ3v) is 22.5. The lowest BCUT2D eigenvalue weighted by molar-refractivity contribution is -0.157. The van der Waals surface area contributed by atoms with Crippen molar-refractivity contribution in [3.8, 4) is 0 Å². The van der Waals surface area contributed by atoms with E-state index in [2.05, 4.69) is 16.0 Å². The lowest BCUT2D eigenvalue weighted by atomic mass is 9.81. The van der Waals surface area contributed by atoms with E-state index in [0.29, 0.717) is 58.0 Å². The molecule has 10 atom stereocenters. The summed E-state index contributed by atoms with van der Waals surface area (Å²) in [6.07, 6.45) is 16.6. The Hall–Kier alpha value is -6.11. The molecule has 7 fully saturated rings. The molecule has 95 heavy (non-hydrogen) atoms. The lowest BCUT2D eigenvalue weighted by Crippen LogP contribution is -2.65. The minimum Gasteiger partial charge on any atom is -0.378 e. The quantitative estimate of drug-likeness (QED) is 0.262. The van der Waals surface area contributed by atoms with Crippen molar-refractivity contribution >= 4 is 82.5 Å². The molecule has 25 nitrogen and oxygen atoms in total. The number of rotatable bonds is 10. The summed E-state index contributed by atoms with van der Waals surface area (Å²) < 4.78 is 6.26. The van der Waals surface area contributed by atoms with E-state index in [4.69, 9.17) is 16.3 Å². The number of hydrogen-bond donors (Lipinski definition) is 3. The molecule has 0 bridgehead atoms. The Bertz CT molecular complexity index is 2720. The van der Waals surface area contributed by atoms with Crippen molar-refractivity contribution in [3.05, 3.63) is 0 Å². The fraction of sp³-hybridized carbons (Fsp3) is 0.826. The second-order valence-corrected chi connectivity index (χ2v) is 29.6. The normalized spacial score (nSPS) is 30.0.